The SMILES string of the molecule is C[C@H]1CN(C2CC2)C[C@@H]1NS(=O)(=O)N(C)CCC#N. The van der Waals surface area contributed by atoms with Crippen LogP contribution >= 0.6 is 0 Å². The van der Waals surface area contributed by atoms with Crippen molar-refractivity contribution in [1.82, 2.24) is 13.9 Å². The molecule has 1 heterocycles. The first-order valence-corrected chi connectivity index (χ1v) is 8.22. The molecule has 2 fully saturated rings. The van der Waals surface area contributed by atoms with Gasteiger partial charge < -0.3 is 0 Å². The molecule has 0 aromatic rings. The van der Waals surface area contributed by atoms with Crippen LogP contribution < -0.4 is 4.72 Å². The second-order valence-electron chi connectivity index (χ2n) is 5.62. The molecule has 1 saturated heterocycles. The summed E-state index contributed by atoms with van der Waals surface area (Å²) in [4.78, 5) is 2.38. The number of hydrogen-bond acceptors (Lipinski definition) is 4. The van der Waals surface area contributed by atoms with E-state index in [4.69, 9.17) is 5.26 Å². The molecule has 2 aliphatic rings. The molecule has 7 heteroatoms. The molecule has 0 aromatic heterocycles. The van der Waals surface area contributed by atoms with Gasteiger partial charge in [-0.3, -0.25) is 4.90 Å². The van der Waals surface area contributed by atoms with E-state index in [0.717, 1.165) is 13.1 Å². The molecular weight excluding hydrogens is 264 g/mol. The minimum absolute atomic E-state index is 0.0184. The van der Waals surface area contributed by atoms with Gasteiger partial charge in [-0.2, -0.15) is 22.7 Å². The van der Waals surface area contributed by atoms with Crippen LogP contribution in [0.15, 0.2) is 0 Å². The number of hydrogen-bond donors (Lipinski definition) is 1. The predicted octanol–water partition coefficient (Wildman–Crippen LogP) is 0.149. The molecule has 0 spiro atoms. The monoisotopic (exact) mass is 286 g/mol. The summed E-state index contributed by atoms with van der Waals surface area (Å²) in [6, 6.07) is 2.62. The highest BCUT2D eigenvalue weighted by Gasteiger charge is 2.39. The van der Waals surface area contributed by atoms with Crippen molar-refractivity contribution in [3.8, 4) is 6.07 Å². The van der Waals surface area contributed by atoms with Crippen molar-refractivity contribution in [2.24, 2.45) is 5.92 Å². The third-order valence-electron chi connectivity index (χ3n) is 3.95. The zero-order valence-corrected chi connectivity index (χ0v) is 12.4. The lowest BCUT2D eigenvalue weighted by molar-refractivity contribution is 0.315. The summed E-state index contributed by atoms with van der Waals surface area (Å²) in [6.07, 6.45) is 2.70. The van der Waals surface area contributed by atoms with E-state index < -0.39 is 10.2 Å². The number of likely N-dealkylation sites (tertiary alicyclic amines) is 1. The van der Waals surface area contributed by atoms with Gasteiger partial charge in [0.15, 0.2) is 0 Å². The topological polar surface area (TPSA) is 76.4 Å². The van der Waals surface area contributed by atoms with E-state index in [1.807, 2.05) is 6.07 Å². The van der Waals surface area contributed by atoms with Crippen molar-refractivity contribution in [3.63, 3.8) is 0 Å². The maximum absolute atomic E-state index is 12.1. The molecule has 108 valence electrons. The summed E-state index contributed by atoms with van der Waals surface area (Å²) < 4.78 is 28.2. The Morgan fingerprint density at radius 1 is 1.42 bits per heavy atom. The Morgan fingerprint density at radius 2 is 2.11 bits per heavy atom. The fourth-order valence-electron chi connectivity index (χ4n) is 2.50. The summed E-state index contributed by atoms with van der Waals surface area (Å²) in [7, 11) is -1.96. The lowest BCUT2D eigenvalue weighted by Gasteiger charge is -2.22. The smallest absolute Gasteiger partial charge is 0.279 e. The highest BCUT2D eigenvalue weighted by Crippen LogP contribution is 2.31. The molecule has 0 amide bonds. The summed E-state index contributed by atoms with van der Waals surface area (Å²) in [6.45, 7) is 4.10. The zero-order chi connectivity index (χ0) is 14.0. The van der Waals surface area contributed by atoms with Gasteiger partial charge in [0.05, 0.1) is 6.07 Å². The average molecular weight is 286 g/mol. The Morgan fingerprint density at radius 3 is 2.68 bits per heavy atom. The van der Waals surface area contributed by atoms with E-state index in [1.54, 1.807) is 0 Å². The van der Waals surface area contributed by atoms with Gasteiger partial charge in [-0.15, -0.1) is 0 Å². The van der Waals surface area contributed by atoms with E-state index in [0.29, 0.717) is 12.0 Å². The van der Waals surface area contributed by atoms with Crippen LogP contribution in [0.25, 0.3) is 0 Å². The lowest BCUT2D eigenvalue weighted by Crippen LogP contribution is -2.46. The van der Waals surface area contributed by atoms with E-state index in [9.17, 15) is 8.42 Å². The first-order chi connectivity index (χ1) is 8.94. The van der Waals surface area contributed by atoms with Crippen LogP contribution in [0.1, 0.15) is 26.2 Å². The Labute approximate surface area is 115 Å². The van der Waals surface area contributed by atoms with Crippen molar-refractivity contribution >= 4 is 10.2 Å². The van der Waals surface area contributed by atoms with Crippen molar-refractivity contribution in [2.75, 3.05) is 26.7 Å². The normalized spacial score (nSPS) is 28.7. The molecule has 6 nitrogen and oxygen atoms in total. The van der Waals surface area contributed by atoms with Crippen molar-refractivity contribution in [2.45, 2.75) is 38.3 Å². The maximum atomic E-state index is 12.1. The minimum atomic E-state index is -3.47. The molecule has 1 saturated carbocycles. The highest BCUT2D eigenvalue weighted by atomic mass is 32.2. The molecule has 1 aliphatic heterocycles. The van der Waals surface area contributed by atoms with Crippen molar-refractivity contribution in [1.29, 1.82) is 5.26 Å². The van der Waals surface area contributed by atoms with Gasteiger partial charge in [0.25, 0.3) is 10.2 Å². The second-order valence-corrected chi connectivity index (χ2v) is 7.43. The van der Waals surface area contributed by atoms with Gasteiger partial charge in [0.1, 0.15) is 0 Å². The van der Waals surface area contributed by atoms with Crippen LogP contribution in [-0.2, 0) is 10.2 Å². The molecule has 0 unspecified atom stereocenters. The zero-order valence-electron chi connectivity index (χ0n) is 11.5. The van der Waals surface area contributed by atoms with E-state index in [-0.39, 0.29) is 19.0 Å². The molecule has 1 aliphatic carbocycles. The van der Waals surface area contributed by atoms with Gasteiger partial charge in [-0.05, 0) is 18.8 Å². The van der Waals surface area contributed by atoms with E-state index in [2.05, 4.69) is 16.5 Å². The Hall–Kier alpha value is -0.680. The van der Waals surface area contributed by atoms with Crippen molar-refractivity contribution in [3.05, 3.63) is 0 Å². The number of nitriles is 1. The summed E-state index contributed by atoms with van der Waals surface area (Å²) >= 11 is 0. The third kappa shape index (κ3) is 3.66. The summed E-state index contributed by atoms with van der Waals surface area (Å²) in [5.74, 6) is 0.333. The van der Waals surface area contributed by atoms with Crippen LogP contribution in [0.3, 0.4) is 0 Å². The largest absolute Gasteiger partial charge is 0.298 e. The molecule has 2 rings (SSSR count). The van der Waals surface area contributed by atoms with E-state index >= 15 is 0 Å². The Kier molecular flexibility index (Phi) is 4.46. The van der Waals surface area contributed by atoms with Crippen LogP contribution in [-0.4, -0.2) is 56.4 Å². The van der Waals surface area contributed by atoms with E-state index in [1.165, 1.54) is 24.2 Å². The predicted molar refractivity (Wildman–Crippen MR) is 72.5 cm³/mol. The van der Waals surface area contributed by atoms with Crippen LogP contribution in [0.4, 0.5) is 0 Å². The van der Waals surface area contributed by atoms with Crippen LogP contribution in [0, 0.1) is 17.2 Å². The third-order valence-corrected chi connectivity index (χ3v) is 5.56. The molecular formula is C12H22N4O2S. The Balaban J connectivity index is 1.90. The quantitative estimate of drug-likeness (QED) is 0.754. The second kappa shape index (κ2) is 5.75. The van der Waals surface area contributed by atoms with Gasteiger partial charge in [0, 0.05) is 45.2 Å². The van der Waals surface area contributed by atoms with Gasteiger partial charge in [0.2, 0.25) is 0 Å². The Bertz CT molecular complexity index is 455. The molecule has 19 heavy (non-hydrogen) atoms. The van der Waals surface area contributed by atoms with Gasteiger partial charge in [-0.1, -0.05) is 6.92 Å². The summed E-state index contributed by atoms with van der Waals surface area (Å²) in [5.41, 5.74) is 0. The molecule has 0 bridgehead atoms. The standard InChI is InChI=1S/C12H22N4O2S/c1-10-8-16(11-4-5-11)9-12(10)14-19(17,18)15(2)7-3-6-13/h10-12,14H,3-5,7-9H2,1-2H3/t10-,12-/m0/s1. The number of nitrogens with one attached hydrogen (secondary N) is 1. The number of nitrogens with zero attached hydrogens (tertiary/aromatic N) is 3. The molecule has 0 aromatic carbocycles. The van der Waals surface area contributed by atoms with Crippen molar-refractivity contribution < 1.29 is 8.42 Å². The maximum Gasteiger partial charge on any atom is 0.279 e. The number of rotatable bonds is 6. The fourth-order valence-corrected chi connectivity index (χ4v) is 3.71. The first-order valence-electron chi connectivity index (χ1n) is 6.78. The van der Waals surface area contributed by atoms with Gasteiger partial charge in [-0.25, -0.2) is 0 Å². The fraction of sp³-hybridized carbons (Fsp3) is 0.917. The molecule has 0 radical (unpaired) electrons. The first kappa shape index (κ1) is 14.7. The molecule has 1 N–H and O–H groups in total. The minimum Gasteiger partial charge on any atom is -0.298 e. The molecule has 2 atom stereocenters. The van der Waals surface area contributed by atoms with Crippen LogP contribution in [0.5, 0.6) is 0 Å². The van der Waals surface area contributed by atoms with Crippen LogP contribution in [0.2, 0.25) is 0 Å². The summed E-state index contributed by atoms with van der Waals surface area (Å²) in [5, 5.41) is 8.51. The average Bonchev–Trinajstić information content (AvgIpc) is 3.13. The lowest BCUT2D eigenvalue weighted by atomic mass is 10.1. The van der Waals surface area contributed by atoms with Gasteiger partial charge >= 0.3 is 0 Å². The highest BCUT2D eigenvalue weighted by molar-refractivity contribution is 7.87.